The molecule has 0 aliphatic rings. The summed E-state index contributed by atoms with van der Waals surface area (Å²) in [4.78, 5) is 22.6. The summed E-state index contributed by atoms with van der Waals surface area (Å²) in [5, 5.41) is 19.5. The Kier molecular flexibility index (Phi) is 9.21. The molecule has 0 fully saturated rings. The first-order valence-electron chi connectivity index (χ1n) is 7.37. The molecule has 0 saturated heterocycles. The number of carbonyl (C=O) groups excluding carboxylic acids is 2. The van der Waals surface area contributed by atoms with Gasteiger partial charge in [0, 0.05) is 6.42 Å². The average molecular weight is 304 g/mol. The lowest BCUT2D eigenvalue weighted by Gasteiger charge is -2.21. The van der Waals surface area contributed by atoms with Gasteiger partial charge in [0.2, 0.25) is 0 Å². The maximum absolute atomic E-state index is 11.5. The molecule has 0 spiro atoms. The third-order valence-electron chi connectivity index (χ3n) is 2.59. The molecule has 0 aliphatic carbocycles. The predicted octanol–water partition coefficient (Wildman–Crippen LogP) is 1.56. The fraction of sp³-hybridized carbons (Fsp3) is 0.867. The third-order valence-corrected chi connectivity index (χ3v) is 2.59. The summed E-state index contributed by atoms with van der Waals surface area (Å²) in [6.45, 7) is 7.33. The van der Waals surface area contributed by atoms with Gasteiger partial charge in [-0.15, -0.1) is 0 Å². The fourth-order valence-corrected chi connectivity index (χ4v) is 1.81. The van der Waals surface area contributed by atoms with E-state index in [1.807, 2.05) is 0 Å². The number of rotatable bonds is 9. The lowest BCUT2D eigenvalue weighted by Crippen LogP contribution is -2.28. The van der Waals surface area contributed by atoms with Gasteiger partial charge in [-0.25, -0.2) is 0 Å². The van der Waals surface area contributed by atoms with E-state index in [0.29, 0.717) is 19.4 Å². The molecule has 2 atom stereocenters. The Balaban J connectivity index is 3.86. The average Bonchev–Trinajstić information content (AvgIpc) is 2.25. The first-order chi connectivity index (χ1) is 9.64. The first-order valence-corrected chi connectivity index (χ1v) is 7.37. The zero-order chi connectivity index (χ0) is 16.5. The summed E-state index contributed by atoms with van der Waals surface area (Å²) in [6.07, 6.45) is -0.653. The second-order valence-corrected chi connectivity index (χ2v) is 6.03. The van der Waals surface area contributed by atoms with Gasteiger partial charge in [-0.1, -0.05) is 0 Å². The summed E-state index contributed by atoms with van der Waals surface area (Å²) in [6, 6.07) is 0. The number of aliphatic hydroxyl groups excluding tert-OH is 2. The number of carbonyl (C=O) groups is 2. The minimum Gasteiger partial charge on any atom is -0.466 e. The van der Waals surface area contributed by atoms with Gasteiger partial charge < -0.3 is 19.7 Å². The van der Waals surface area contributed by atoms with E-state index in [4.69, 9.17) is 9.47 Å². The van der Waals surface area contributed by atoms with Crippen LogP contribution in [0.2, 0.25) is 0 Å². The highest BCUT2D eigenvalue weighted by molar-refractivity contribution is 5.70. The Labute approximate surface area is 126 Å². The van der Waals surface area contributed by atoms with Crippen LogP contribution < -0.4 is 0 Å². The van der Waals surface area contributed by atoms with Gasteiger partial charge in [0.1, 0.15) is 5.60 Å². The van der Waals surface area contributed by atoms with E-state index in [1.54, 1.807) is 27.7 Å². The monoisotopic (exact) mass is 304 g/mol. The molecule has 0 rings (SSSR count). The fourth-order valence-electron chi connectivity index (χ4n) is 1.81. The molecule has 2 unspecified atom stereocenters. The van der Waals surface area contributed by atoms with E-state index in [-0.39, 0.29) is 25.2 Å². The van der Waals surface area contributed by atoms with E-state index in [9.17, 15) is 19.8 Å². The van der Waals surface area contributed by atoms with Gasteiger partial charge in [-0.05, 0) is 47.0 Å². The summed E-state index contributed by atoms with van der Waals surface area (Å²) in [5.41, 5.74) is -0.588. The van der Waals surface area contributed by atoms with Crippen LogP contribution in [0.4, 0.5) is 0 Å². The van der Waals surface area contributed by atoms with Crippen LogP contribution in [0.3, 0.4) is 0 Å². The molecule has 0 saturated carbocycles. The van der Waals surface area contributed by atoms with E-state index in [2.05, 4.69) is 0 Å². The Bertz CT molecular complexity index is 321. The molecule has 6 nitrogen and oxygen atoms in total. The molecule has 0 aromatic rings. The molecule has 6 heteroatoms. The minimum absolute atomic E-state index is 0.0854. The van der Waals surface area contributed by atoms with Crippen LogP contribution in [-0.4, -0.2) is 46.6 Å². The smallest absolute Gasteiger partial charge is 0.308 e. The molecule has 0 aromatic heterocycles. The maximum atomic E-state index is 11.5. The molecule has 21 heavy (non-hydrogen) atoms. The first kappa shape index (κ1) is 19.9. The van der Waals surface area contributed by atoms with E-state index >= 15 is 0 Å². The lowest BCUT2D eigenvalue weighted by atomic mass is 10.0. The van der Waals surface area contributed by atoms with Crippen LogP contribution in [0, 0.1) is 0 Å². The van der Waals surface area contributed by atoms with Crippen molar-refractivity contribution >= 4 is 11.9 Å². The van der Waals surface area contributed by atoms with E-state index in [1.165, 1.54) is 0 Å². The largest absolute Gasteiger partial charge is 0.466 e. The number of aliphatic hydroxyl groups is 2. The Morgan fingerprint density at radius 3 is 2.24 bits per heavy atom. The Hall–Kier alpha value is -1.14. The minimum atomic E-state index is -0.947. The Morgan fingerprint density at radius 2 is 1.71 bits per heavy atom. The molecule has 124 valence electrons. The zero-order valence-electron chi connectivity index (χ0n) is 13.4. The van der Waals surface area contributed by atoms with Gasteiger partial charge in [0.05, 0.1) is 25.2 Å². The molecular weight excluding hydrogens is 276 g/mol. The van der Waals surface area contributed by atoms with Crippen LogP contribution in [0.1, 0.15) is 59.8 Å². The zero-order valence-corrected chi connectivity index (χ0v) is 13.4. The SMILES string of the molecule is CCOC(=O)CCCC(O)CC(O)CC(=O)OC(C)(C)C. The molecular formula is C15H28O6. The summed E-state index contributed by atoms with van der Waals surface area (Å²) < 4.78 is 9.86. The molecule has 0 radical (unpaired) electrons. The van der Waals surface area contributed by atoms with Crippen molar-refractivity contribution in [3.05, 3.63) is 0 Å². The van der Waals surface area contributed by atoms with Crippen LogP contribution in [0.15, 0.2) is 0 Å². The standard InChI is InChI=1S/C15H28O6/c1-5-20-13(18)8-6-7-11(16)9-12(17)10-14(19)21-15(2,3)4/h11-12,16-17H,5-10H2,1-4H3. The van der Waals surface area contributed by atoms with Crippen molar-refractivity contribution < 1.29 is 29.3 Å². The molecule has 0 aromatic carbocycles. The van der Waals surface area contributed by atoms with Crippen LogP contribution in [0.25, 0.3) is 0 Å². The highest BCUT2D eigenvalue weighted by Crippen LogP contribution is 2.13. The van der Waals surface area contributed by atoms with Crippen LogP contribution in [-0.2, 0) is 19.1 Å². The number of hydrogen-bond donors (Lipinski definition) is 2. The maximum Gasteiger partial charge on any atom is 0.308 e. The predicted molar refractivity (Wildman–Crippen MR) is 77.6 cm³/mol. The van der Waals surface area contributed by atoms with Crippen LogP contribution in [0.5, 0.6) is 0 Å². The molecule has 0 heterocycles. The Morgan fingerprint density at radius 1 is 1.10 bits per heavy atom. The number of hydrogen-bond acceptors (Lipinski definition) is 6. The van der Waals surface area contributed by atoms with Gasteiger partial charge >= 0.3 is 11.9 Å². The second kappa shape index (κ2) is 9.73. The van der Waals surface area contributed by atoms with Crippen molar-refractivity contribution in [1.82, 2.24) is 0 Å². The molecule has 0 amide bonds. The lowest BCUT2D eigenvalue weighted by molar-refractivity contribution is -0.157. The van der Waals surface area contributed by atoms with E-state index in [0.717, 1.165) is 0 Å². The van der Waals surface area contributed by atoms with Crippen molar-refractivity contribution in [2.24, 2.45) is 0 Å². The van der Waals surface area contributed by atoms with Gasteiger partial charge in [-0.3, -0.25) is 9.59 Å². The highest BCUT2D eigenvalue weighted by Gasteiger charge is 2.21. The van der Waals surface area contributed by atoms with Crippen molar-refractivity contribution in [3.63, 3.8) is 0 Å². The molecule has 0 aliphatic heterocycles. The van der Waals surface area contributed by atoms with Gasteiger partial charge in [-0.2, -0.15) is 0 Å². The number of ether oxygens (including phenoxy) is 2. The van der Waals surface area contributed by atoms with Crippen molar-refractivity contribution in [1.29, 1.82) is 0 Å². The highest BCUT2D eigenvalue weighted by atomic mass is 16.6. The van der Waals surface area contributed by atoms with Crippen LogP contribution >= 0.6 is 0 Å². The quantitative estimate of drug-likeness (QED) is 0.628. The van der Waals surface area contributed by atoms with Crippen molar-refractivity contribution in [2.45, 2.75) is 77.6 Å². The topological polar surface area (TPSA) is 93.1 Å². The van der Waals surface area contributed by atoms with Gasteiger partial charge in [0.15, 0.2) is 0 Å². The van der Waals surface area contributed by atoms with Gasteiger partial charge in [0.25, 0.3) is 0 Å². The third kappa shape index (κ3) is 12.3. The molecule has 0 bridgehead atoms. The normalized spacial score (nSPS) is 14.4. The van der Waals surface area contributed by atoms with Crippen molar-refractivity contribution in [2.75, 3.05) is 6.61 Å². The second-order valence-electron chi connectivity index (χ2n) is 6.03. The summed E-state index contributed by atoms with van der Waals surface area (Å²) in [5.74, 6) is -0.785. The van der Waals surface area contributed by atoms with Crippen molar-refractivity contribution in [3.8, 4) is 0 Å². The summed E-state index contributed by atoms with van der Waals surface area (Å²) in [7, 11) is 0. The summed E-state index contributed by atoms with van der Waals surface area (Å²) >= 11 is 0. The van der Waals surface area contributed by atoms with E-state index < -0.39 is 23.8 Å². The molecule has 2 N–H and O–H groups in total. The number of esters is 2.